The maximum Gasteiger partial charge on any atom is 0.241 e. The Bertz CT molecular complexity index is 995. The van der Waals surface area contributed by atoms with E-state index in [1.807, 2.05) is 24.3 Å². The lowest BCUT2D eigenvalue weighted by Crippen LogP contribution is -2.50. The average molecular weight is 464 g/mol. The molecule has 0 spiro atoms. The zero-order valence-corrected chi connectivity index (χ0v) is 18.9. The zero-order chi connectivity index (χ0) is 22.7. The molecule has 0 unspecified atom stereocenters. The van der Waals surface area contributed by atoms with Gasteiger partial charge in [-0.2, -0.15) is 0 Å². The van der Waals surface area contributed by atoms with Crippen LogP contribution in [0.5, 0.6) is 0 Å². The van der Waals surface area contributed by atoms with E-state index in [1.165, 1.54) is 11.6 Å². The molecule has 32 heavy (non-hydrogen) atoms. The Balaban J connectivity index is 1.50. The lowest BCUT2D eigenvalue weighted by molar-refractivity contribution is 0.0378. The van der Waals surface area contributed by atoms with Gasteiger partial charge >= 0.3 is 0 Å². The SMILES string of the molecule is NS(=O)(=O)c1cccc(N2CCN(CC3CCC(C(F)F)CC3)[C@H](c3ccccc3)C2)c1. The van der Waals surface area contributed by atoms with Crippen LogP contribution in [0.15, 0.2) is 59.5 Å². The number of sulfonamides is 1. The van der Waals surface area contributed by atoms with Crippen LogP contribution in [-0.4, -0.2) is 45.9 Å². The second-order valence-corrected chi connectivity index (χ2v) is 10.6. The number of alkyl halides is 2. The normalized spacial score (nSPS) is 25.2. The van der Waals surface area contributed by atoms with Crippen molar-refractivity contribution in [3.63, 3.8) is 0 Å². The van der Waals surface area contributed by atoms with Gasteiger partial charge in [-0.15, -0.1) is 0 Å². The van der Waals surface area contributed by atoms with Gasteiger partial charge in [-0.05, 0) is 55.4 Å². The Morgan fingerprint density at radius 1 is 0.969 bits per heavy atom. The van der Waals surface area contributed by atoms with Gasteiger partial charge in [-0.1, -0.05) is 36.4 Å². The number of nitrogens with zero attached hydrogens (tertiary/aromatic N) is 2. The molecular weight excluding hydrogens is 432 g/mol. The monoisotopic (exact) mass is 463 g/mol. The molecule has 2 aromatic carbocycles. The molecule has 2 fully saturated rings. The van der Waals surface area contributed by atoms with Crippen LogP contribution in [0, 0.1) is 11.8 Å². The van der Waals surface area contributed by atoms with Crippen molar-refractivity contribution in [2.75, 3.05) is 31.1 Å². The lowest BCUT2D eigenvalue weighted by Gasteiger charge is -2.44. The van der Waals surface area contributed by atoms with Gasteiger partial charge in [0.1, 0.15) is 0 Å². The van der Waals surface area contributed by atoms with Gasteiger partial charge in [0.2, 0.25) is 16.4 Å². The first kappa shape index (κ1) is 23.1. The molecule has 0 amide bonds. The summed E-state index contributed by atoms with van der Waals surface area (Å²) in [5.41, 5.74) is 2.05. The van der Waals surface area contributed by atoms with Gasteiger partial charge in [0.15, 0.2) is 0 Å². The van der Waals surface area contributed by atoms with Crippen LogP contribution in [0.2, 0.25) is 0 Å². The fourth-order valence-corrected chi connectivity index (χ4v) is 5.63. The summed E-state index contributed by atoms with van der Waals surface area (Å²) in [6.07, 6.45) is 0.724. The van der Waals surface area contributed by atoms with Crippen molar-refractivity contribution in [2.24, 2.45) is 17.0 Å². The summed E-state index contributed by atoms with van der Waals surface area (Å²) in [5.74, 6) is -0.00686. The van der Waals surface area contributed by atoms with Crippen molar-refractivity contribution in [3.8, 4) is 0 Å². The van der Waals surface area contributed by atoms with E-state index in [0.29, 0.717) is 18.8 Å². The van der Waals surface area contributed by atoms with E-state index in [0.717, 1.165) is 44.7 Å². The summed E-state index contributed by atoms with van der Waals surface area (Å²) in [7, 11) is -3.76. The molecule has 1 atom stereocenters. The minimum atomic E-state index is -3.76. The molecule has 2 N–H and O–H groups in total. The van der Waals surface area contributed by atoms with Crippen LogP contribution in [-0.2, 0) is 10.0 Å². The maximum atomic E-state index is 13.0. The number of anilines is 1. The number of rotatable bonds is 6. The zero-order valence-electron chi connectivity index (χ0n) is 18.1. The lowest BCUT2D eigenvalue weighted by atomic mass is 9.81. The molecule has 174 valence electrons. The molecule has 1 saturated carbocycles. The first-order valence-corrected chi connectivity index (χ1v) is 12.8. The number of piperazine rings is 1. The first-order chi connectivity index (χ1) is 15.3. The largest absolute Gasteiger partial charge is 0.368 e. The molecular formula is C24H31F2N3O2S. The summed E-state index contributed by atoms with van der Waals surface area (Å²) < 4.78 is 49.7. The highest BCUT2D eigenvalue weighted by Gasteiger charge is 2.33. The first-order valence-electron chi connectivity index (χ1n) is 11.3. The third kappa shape index (κ3) is 5.47. The number of benzene rings is 2. The number of hydrogen-bond acceptors (Lipinski definition) is 4. The van der Waals surface area contributed by atoms with Gasteiger partial charge in [-0.25, -0.2) is 22.3 Å². The highest BCUT2D eigenvalue weighted by Crippen LogP contribution is 2.36. The summed E-state index contributed by atoms with van der Waals surface area (Å²) in [6, 6.07) is 17.2. The molecule has 0 radical (unpaired) electrons. The maximum absolute atomic E-state index is 13.0. The molecule has 5 nitrogen and oxygen atoms in total. The summed E-state index contributed by atoms with van der Waals surface area (Å²) in [5, 5.41) is 5.33. The van der Waals surface area contributed by atoms with Crippen LogP contribution < -0.4 is 10.0 Å². The highest BCUT2D eigenvalue weighted by atomic mass is 32.2. The molecule has 8 heteroatoms. The summed E-state index contributed by atoms with van der Waals surface area (Å²) in [4.78, 5) is 4.80. The van der Waals surface area contributed by atoms with E-state index in [9.17, 15) is 17.2 Å². The predicted octanol–water partition coefficient (Wildman–Crippen LogP) is 4.27. The number of primary sulfonamides is 1. The van der Waals surface area contributed by atoms with Crippen LogP contribution in [0.4, 0.5) is 14.5 Å². The second-order valence-electron chi connectivity index (χ2n) is 9.03. The van der Waals surface area contributed by atoms with Gasteiger partial charge < -0.3 is 4.90 Å². The summed E-state index contributed by atoms with van der Waals surface area (Å²) in [6.45, 7) is 3.22. The molecule has 1 aliphatic heterocycles. The molecule has 0 aromatic heterocycles. The van der Waals surface area contributed by atoms with E-state index in [2.05, 4.69) is 21.9 Å². The fraction of sp³-hybridized carbons (Fsp3) is 0.500. The van der Waals surface area contributed by atoms with E-state index >= 15 is 0 Å². The van der Waals surface area contributed by atoms with Crippen LogP contribution in [0.25, 0.3) is 0 Å². The predicted molar refractivity (Wildman–Crippen MR) is 122 cm³/mol. The molecule has 2 aliphatic rings. The topological polar surface area (TPSA) is 66.6 Å². The third-order valence-electron chi connectivity index (χ3n) is 6.93. The van der Waals surface area contributed by atoms with E-state index in [1.54, 1.807) is 12.1 Å². The summed E-state index contributed by atoms with van der Waals surface area (Å²) >= 11 is 0. The van der Waals surface area contributed by atoms with Crippen molar-refractivity contribution >= 4 is 15.7 Å². The van der Waals surface area contributed by atoms with Crippen LogP contribution in [0.1, 0.15) is 37.3 Å². The Morgan fingerprint density at radius 3 is 2.34 bits per heavy atom. The van der Waals surface area contributed by atoms with Crippen molar-refractivity contribution in [2.45, 2.75) is 43.0 Å². The van der Waals surface area contributed by atoms with Crippen molar-refractivity contribution in [3.05, 3.63) is 60.2 Å². The fourth-order valence-electron chi connectivity index (χ4n) is 5.08. The van der Waals surface area contributed by atoms with Gasteiger partial charge in [0, 0.05) is 37.8 Å². The van der Waals surface area contributed by atoms with Crippen LogP contribution >= 0.6 is 0 Å². The minimum absolute atomic E-state index is 0.115. The minimum Gasteiger partial charge on any atom is -0.368 e. The third-order valence-corrected chi connectivity index (χ3v) is 7.84. The average Bonchev–Trinajstić information content (AvgIpc) is 2.80. The number of hydrogen-bond donors (Lipinski definition) is 1. The number of halogens is 2. The molecule has 4 rings (SSSR count). The molecule has 1 heterocycles. The smallest absolute Gasteiger partial charge is 0.241 e. The Hall–Kier alpha value is -2.03. The van der Waals surface area contributed by atoms with Crippen LogP contribution in [0.3, 0.4) is 0 Å². The van der Waals surface area contributed by atoms with Crippen molar-refractivity contribution in [1.82, 2.24) is 4.90 Å². The van der Waals surface area contributed by atoms with Gasteiger partial charge in [0.05, 0.1) is 10.9 Å². The van der Waals surface area contributed by atoms with E-state index < -0.39 is 22.4 Å². The van der Waals surface area contributed by atoms with Crippen molar-refractivity contribution < 1.29 is 17.2 Å². The highest BCUT2D eigenvalue weighted by molar-refractivity contribution is 7.89. The standard InChI is InChI=1S/C24H31F2N3O2S/c25-24(26)20-11-9-18(10-12-20)16-29-14-13-28(17-23(29)19-5-2-1-3-6-19)21-7-4-8-22(15-21)32(27,30)31/h1-8,15,18,20,23-24H,9-14,16-17H2,(H2,27,30,31)/t18?,20?,23-/m0/s1. The Morgan fingerprint density at radius 2 is 1.69 bits per heavy atom. The quantitative estimate of drug-likeness (QED) is 0.695. The Labute approximate surface area is 189 Å². The van der Waals surface area contributed by atoms with E-state index in [-0.39, 0.29) is 10.9 Å². The number of nitrogens with two attached hydrogens (primary N) is 1. The second kappa shape index (κ2) is 9.85. The molecule has 1 aliphatic carbocycles. The van der Waals surface area contributed by atoms with Gasteiger partial charge in [-0.3, -0.25) is 4.90 Å². The van der Waals surface area contributed by atoms with Crippen molar-refractivity contribution in [1.29, 1.82) is 0 Å². The Kier molecular flexibility index (Phi) is 7.12. The molecule has 2 aromatic rings. The van der Waals surface area contributed by atoms with Gasteiger partial charge in [0.25, 0.3) is 0 Å². The van der Waals surface area contributed by atoms with E-state index in [4.69, 9.17) is 5.14 Å². The molecule has 0 bridgehead atoms. The molecule has 1 saturated heterocycles.